The Labute approximate surface area is 370 Å². The lowest BCUT2D eigenvalue weighted by Gasteiger charge is -2.68. The van der Waals surface area contributed by atoms with E-state index in [1.807, 2.05) is 0 Å². The van der Waals surface area contributed by atoms with Crippen LogP contribution in [0.3, 0.4) is 0 Å². The molecule has 0 heterocycles. The molecule has 0 aromatic heterocycles. The van der Waals surface area contributed by atoms with Gasteiger partial charge in [-0.3, -0.25) is 0 Å². The molecular weight excluding hydrogens is 1440 g/mol. The van der Waals surface area contributed by atoms with Crippen molar-refractivity contribution in [3.05, 3.63) is 0 Å². The molecule has 0 aromatic rings. The third-order valence-corrected chi connectivity index (χ3v) is 260. The molecule has 0 saturated carbocycles. The van der Waals surface area contributed by atoms with Gasteiger partial charge in [0.2, 0.25) is 0 Å². The molecule has 0 bridgehead atoms. The van der Waals surface area contributed by atoms with Crippen LogP contribution in [0.5, 0.6) is 0 Å². The van der Waals surface area contributed by atoms with Gasteiger partial charge >= 0.3 is 0 Å². The monoisotopic (exact) mass is 1490 g/mol. The first-order chi connectivity index (χ1) is 21.3. The van der Waals surface area contributed by atoms with Crippen molar-refractivity contribution in [3.63, 3.8) is 0 Å². The molecule has 47 heavy (non-hydrogen) atoms. The van der Waals surface area contributed by atoms with Crippen molar-refractivity contribution in [2.45, 2.75) is 4.38 Å². The van der Waals surface area contributed by atoms with E-state index in [2.05, 4.69) is 214 Å². The third-order valence-electron chi connectivity index (χ3n) is 4.46. The number of rotatable bonds is 21. The molecule has 284 valence electrons. The van der Waals surface area contributed by atoms with Crippen LogP contribution < -0.4 is 0 Å². The minimum Gasteiger partial charge on any atom is -0.515 e. The maximum atomic E-state index is 4.79. The lowest BCUT2D eigenvalue weighted by atomic mass is 11.8. The van der Waals surface area contributed by atoms with Crippen molar-refractivity contribution in [2.24, 2.45) is 0 Å². The summed E-state index contributed by atoms with van der Waals surface area (Å²) in [4.78, 5) is 0. The van der Waals surface area contributed by atoms with Crippen LogP contribution in [0.4, 0.5) is 0 Å². The van der Waals surface area contributed by atoms with Crippen LogP contribution in [0.25, 0.3) is 0 Å². The summed E-state index contributed by atoms with van der Waals surface area (Å²) >= 11 is 0. The normalized spacial score (nSPS) is 15.8. The highest BCUT2D eigenvalue weighted by Crippen LogP contribution is 3.39. The Morgan fingerprint density at radius 3 is 0.553 bits per heavy atom. The Bertz CT molecular complexity index is 700. The first kappa shape index (κ1) is 66.8. The number of hydrogen-bond donors (Lipinski definition) is 0. The molecule has 0 nitrogen and oxygen atoms in total. The van der Waals surface area contributed by atoms with Crippen LogP contribution >= 0.6 is 371 Å². The Kier molecular flexibility index (Phi) is 49.8. The summed E-state index contributed by atoms with van der Waals surface area (Å²) in [6.45, 7) is -4.47. The van der Waals surface area contributed by atoms with E-state index in [1.54, 1.807) is 0 Å². The molecule has 0 radical (unpaired) electrons. The molecule has 0 saturated heterocycles. The topological polar surface area (TPSA) is 0 Å². The van der Waals surface area contributed by atoms with Crippen molar-refractivity contribution in [2.75, 3.05) is 0 Å². The summed E-state index contributed by atoms with van der Waals surface area (Å²) < 4.78 is 0.400. The molecule has 0 N–H and O–H groups in total. The lowest BCUT2D eigenvalue weighted by molar-refractivity contribution is 1.87. The molecule has 0 aromatic carbocycles. The summed E-state index contributed by atoms with van der Waals surface area (Å²) in [7, 11) is 86.7. The van der Waals surface area contributed by atoms with Gasteiger partial charge in [0, 0.05) is 0 Å². The van der Waals surface area contributed by atoms with Crippen molar-refractivity contribution in [1.29, 1.82) is 0 Å². The van der Waals surface area contributed by atoms with Gasteiger partial charge in [-0.25, -0.2) is 6.99 Å². The SMILES string of the molecule is [PH-]P(P(P)P)P(P(P)P)C(P(P(P)P)P(P)P)(P(P(P(P)P)P(P)P)P(P(P)P)P(P)P)P(P(P(P)P)P(P)P)P(P(P)P)P(P)P. The first-order valence-corrected chi connectivity index (χ1v) is 91.1. The van der Waals surface area contributed by atoms with Gasteiger partial charge in [-0.2, -0.15) is 0 Å². The molecule has 0 spiro atoms. The van der Waals surface area contributed by atoms with E-state index >= 15 is 0 Å². The summed E-state index contributed by atoms with van der Waals surface area (Å²) in [6.07, 6.45) is 0. The Balaban J connectivity index is 9.85. The minimum atomic E-state index is -0.360. The number of hydrogen-bond acceptors (Lipinski definition) is 0. The molecular formula is CH49P46-. The van der Waals surface area contributed by atoms with Gasteiger partial charge in [-0.1, -0.05) is 14.3 Å². The fraction of sp³-hybridized carbons (Fsp3) is 1.00. The van der Waals surface area contributed by atoms with E-state index in [-0.39, 0.29) is 148 Å². The molecule has 0 fully saturated rings. The Morgan fingerprint density at radius 2 is 0.426 bits per heavy atom. The van der Waals surface area contributed by atoms with Crippen molar-refractivity contribution < 1.29 is 0 Å². The second-order valence-corrected chi connectivity index (χ2v) is 182. The Morgan fingerprint density at radius 1 is 0.234 bits per heavy atom. The summed E-state index contributed by atoms with van der Waals surface area (Å²) in [5.41, 5.74) is 0. The van der Waals surface area contributed by atoms with Gasteiger partial charge in [0.15, 0.2) is 0 Å². The maximum absolute atomic E-state index is 4.79. The molecule has 46 heteroatoms. The van der Waals surface area contributed by atoms with Crippen LogP contribution in [0.15, 0.2) is 0 Å². The molecule has 26 atom stereocenters. The smallest absolute Gasteiger partial charge is 0.0831 e. The standard InChI is InChI=1S/CH49P46/c2-31(3)27(32(4)5)1(28(33(6)7)43(26)34(8)9,29(44(35(10)11)36(12)13)45(37(14)15)38(16)17)30(46(39(18)19)40(20)21)47(41(22)23)42(24)25/h26H,2-25H2/q-1. The van der Waals surface area contributed by atoms with Crippen LogP contribution in [-0.4, -0.2) is 4.38 Å². The van der Waals surface area contributed by atoms with Crippen LogP contribution in [0.2, 0.25) is 0 Å². The van der Waals surface area contributed by atoms with Crippen LogP contribution in [0.1, 0.15) is 0 Å². The minimum absolute atomic E-state index is 0.221. The highest BCUT2D eigenvalue weighted by atomic mass is 33.3. The van der Waals surface area contributed by atoms with Gasteiger partial charge in [-0.15, -0.1) is 214 Å². The summed E-state index contributed by atoms with van der Waals surface area (Å²) in [5.74, 6) is 0. The van der Waals surface area contributed by atoms with E-state index in [9.17, 15) is 0 Å². The molecule has 0 aliphatic rings. The third kappa shape index (κ3) is 21.4. The molecule has 0 aliphatic heterocycles. The molecule has 26 unspecified atom stereocenters. The second-order valence-electron chi connectivity index (χ2n) is 7.68. The van der Waals surface area contributed by atoms with Gasteiger partial charge in [0.1, 0.15) is 0 Å². The van der Waals surface area contributed by atoms with Gasteiger partial charge in [0.05, 0.1) is 4.38 Å². The maximum Gasteiger partial charge on any atom is 0.0831 e. The highest BCUT2D eigenvalue weighted by molar-refractivity contribution is 9.31. The molecule has 0 amide bonds. The van der Waals surface area contributed by atoms with E-state index in [1.165, 1.54) is 0 Å². The van der Waals surface area contributed by atoms with Gasteiger partial charge in [-0.05, 0) is 127 Å². The van der Waals surface area contributed by atoms with E-state index in [0.29, 0.717) is 4.38 Å². The Hall–Kier alpha value is 19.8. The predicted octanol–water partition coefficient (Wildman–Crippen LogP) is 26.3. The fourth-order valence-electron chi connectivity index (χ4n) is 3.27. The predicted molar refractivity (Wildman–Crippen MR) is 389 cm³/mol. The van der Waals surface area contributed by atoms with Crippen molar-refractivity contribution in [3.8, 4) is 0 Å². The highest BCUT2D eigenvalue weighted by Gasteiger charge is 2.68. The zero-order valence-corrected chi connectivity index (χ0v) is 71.7. The van der Waals surface area contributed by atoms with E-state index in [4.69, 9.17) is 8.93 Å². The zero-order chi connectivity index (χ0) is 37.6. The van der Waals surface area contributed by atoms with Gasteiger partial charge in [0.25, 0.3) is 0 Å². The zero-order valence-electron chi connectivity index (χ0n) is 24.2. The van der Waals surface area contributed by atoms with E-state index < -0.39 is 0 Å². The second kappa shape index (κ2) is 35.0. The molecule has 0 rings (SSSR count). The van der Waals surface area contributed by atoms with Gasteiger partial charge < -0.3 is 8.93 Å². The van der Waals surface area contributed by atoms with E-state index in [0.717, 1.165) is 0 Å². The van der Waals surface area contributed by atoms with Crippen LogP contribution in [-0.2, 0) is 0 Å². The summed E-state index contributed by atoms with van der Waals surface area (Å²) in [5, 5.41) is 0. The van der Waals surface area contributed by atoms with Crippen molar-refractivity contribution in [1.82, 2.24) is 0 Å². The average Bonchev–Trinajstić information content (AvgIpc) is 2.84. The largest absolute Gasteiger partial charge is 0.515 e. The van der Waals surface area contributed by atoms with Crippen LogP contribution in [0, 0.1) is 0 Å². The van der Waals surface area contributed by atoms with Crippen molar-refractivity contribution >= 4 is 371 Å². The lowest BCUT2D eigenvalue weighted by Crippen LogP contribution is -2.13. The first-order valence-electron chi connectivity index (χ1n) is 10.7. The summed E-state index contributed by atoms with van der Waals surface area (Å²) in [6, 6.07) is 0. The molecule has 0 aliphatic carbocycles. The average molecular weight is 1490 g/mol. The fourth-order valence-corrected chi connectivity index (χ4v) is 468. The quantitative estimate of drug-likeness (QED) is 0.101.